The van der Waals surface area contributed by atoms with E-state index in [0.717, 1.165) is 44.9 Å². The van der Waals surface area contributed by atoms with Gasteiger partial charge in [0.2, 0.25) is 5.91 Å². The third-order valence-corrected chi connectivity index (χ3v) is 12.8. The van der Waals surface area contributed by atoms with E-state index in [0.29, 0.717) is 6.42 Å². The zero-order valence-electron chi connectivity index (χ0n) is 41.4. The smallest absolute Gasteiger partial charge is 0.220 e. The highest BCUT2D eigenvalue weighted by Crippen LogP contribution is 2.17. The number of hydrogen-bond donors (Lipinski definition) is 3. The Morgan fingerprint density at radius 3 is 0.951 bits per heavy atom. The first kappa shape index (κ1) is 59.6. The number of rotatable bonds is 51. The van der Waals surface area contributed by atoms with E-state index in [-0.39, 0.29) is 12.5 Å². The number of nitrogens with one attached hydrogen (secondary N) is 1. The SMILES string of the molecule is CCCCCCCCC/C=C\CCCCCCCC(=O)NC(CO)C(O)/C=C/CC/C=C/CCCCCCCCCCCCCCCCCCCCCCCCCCCCC. The van der Waals surface area contributed by atoms with Crippen LogP contribution in [-0.4, -0.2) is 34.9 Å². The van der Waals surface area contributed by atoms with E-state index < -0.39 is 12.1 Å². The zero-order valence-corrected chi connectivity index (χ0v) is 41.4. The monoisotopic (exact) mass is 856 g/mol. The maximum Gasteiger partial charge on any atom is 0.220 e. The number of aliphatic hydroxyl groups excluding tert-OH is 2. The molecule has 3 N–H and O–H groups in total. The molecule has 61 heavy (non-hydrogen) atoms. The van der Waals surface area contributed by atoms with Gasteiger partial charge in [-0.3, -0.25) is 4.79 Å². The number of carbonyl (C=O) groups is 1. The lowest BCUT2D eigenvalue weighted by molar-refractivity contribution is -0.123. The minimum atomic E-state index is -0.866. The Kier molecular flexibility index (Phi) is 51.7. The second-order valence-electron chi connectivity index (χ2n) is 19.0. The maximum atomic E-state index is 12.4. The fourth-order valence-corrected chi connectivity index (χ4v) is 8.60. The summed E-state index contributed by atoms with van der Waals surface area (Å²) in [5.41, 5.74) is 0. The molecule has 0 saturated carbocycles. The standard InChI is InChI=1S/C57H109NO3/c1-3-5-7-9-11-13-15-17-19-21-22-23-24-25-26-27-28-29-30-31-32-33-34-35-36-37-38-40-42-44-46-48-50-52-56(60)55(54-59)58-57(61)53-51-49-47-45-43-41-39-20-18-16-14-12-10-8-6-4-2/h20,39,42,44,50,52,55-56,59-60H,3-19,21-38,40-41,43,45-49,51,53-54H2,1-2H3,(H,58,61)/b39-20-,44-42+,52-50+. The molecule has 360 valence electrons. The van der Waals surface area contributed by atoms with Crippen LogP contribution in [0.2, 0.25) is 0 Å². The average Bonchev–Trinajstić information content (AvgIpc) is 3.26. The molecule has 0 saturated heterocycles. The summed E-state index contributed by atoms with van der Waals surface area (Å²) in [5, 5.41) is 23.1. The molecule has 0 aromatic carbocycles. The van der Waals surface area contributed by atoms with Crippen molar-refractivity contribution in [2.75, 3.05) is 6.61 Å². The fourth-order valence-electron chi connectivity index (χ4n) is 8.60. The molecule has 0 rings (SSSR count). The first-order chi connectivity index (χ1) is 30.2. The van der Waals surface area contributed by atoms with Crippen molar-refractivity contribution in [2.24, 2.45) is 0 Å². The summed E-state index contributed by atoms with van der Waals surface area (Å²) < 4.78 is 0. The van der Waals surface area contributed by atoms with Gasteiger partial charge in [0.25, 0.3) is 0 Å². The van der Waals surface area contributed by atoms with E-state index in [1.165, 1.54) is 238 Å². The van der Waals surface area contributed by atoms with E-state index >= 15 is 0 Å². The molecule has 0 aromatic heterocycles. The van der Waals surface area contributed by atoms with Gasteiger partial charge in [0.05, 0.1) is 18.8 Å². The Hall–Kier alpha value is -1.39. The Morgan fingerprint density at radius 1 is 0.377 bits per heavy atom. The van der Waals surface area contributed by atoms with Gasteiger partial charge in [-0.15, -0.1) is 0 Å². The summed E-state index contributed by atoms with van der Waals surface area (Å²) in [4.78, 5) is 12.4. The summed E-state index contributed by atoms with van der Waals surface area (Å²) in [6.07, 6.45) is 71.7. The third kappa shape index (κ3) is 49.5. The lowest BCUT2D eigenvalue weighted by Crippen LogP contribution is -2.45. The molecule has 0 aliphatic carbocycles. The van der Waals surface area contributed by atoms with Crippen molar-refractivity contribution in [1.29, 1.82) is 0 Å². The summed E-state index contributed by atoms with van der Waals surface area (Å²) in [5.74, 6) is -0.0797. The minimum absolute atomic E-state index is 0.0797. The number of aliphatic hydroxyl groups is 2. The molecule has 0 radical (unpaired) electrons. The molecule has 0 fully saturated rings. The van der Waals surface area contributed by atoms with Gasteiger partial charge < -0.3 is 15.5 Å². The molecule has 0 aliphatic heterocycles. The topological polar surface area (TPSA) is 69.6 Å². The van der Waals surface area contributed by atoms with Crippen LogP contribution >= 0.6 is 0 Å². The van der Waals surface area contributed by atoms with E-state index in [1.54, 1.807) is 6.08 Å². The van der Waals surface area contributed by atoms with E-state index in [2.05, 4.69) is 43.5 Å². The van der Waals surface area contributed by atoms with Crippen molar-refractivity contribution in [1.82, 2.24) is 5.32 Å². The summed E-state index contributed by atoms with van der Waals surface area (Å²) in [6, 6.07) is -0.643. The Labute approximate surface area is 382 Å². The molecule has 0 bridgehead atoms. The van der Waals surface area contributed by atoms with Crippen molar-refractivity contribution in [2.45, 2.75) is 315 Å². The molecule has 0 heterocycles. The lowest BCUT2D eigenvalue weighted by atomic mass is 10.0. The number of unbranched alkanes of at least 4 members (excludes halogenated alkanes) is 40. The molecule has 0 spiro atoms. The molecule has 0 aliphatic rings. The summed E-state index contributed by atoms with van der Waals surface area (Å²) in [7, 11) is 0. The fraction of sp³-hybridized carbons (Fsp3) is 0.877. The molecule has 0 aromatic rings. The molecule has 2 unspecified atom stereocenters. The van der Waals surface area contributed by atoms with Crippen LogP contribution in [0.4, 0.5) is 0 Å². The second kappa shape index (κ2) is 53.0. The zero-order chi connectivity index (χ0) is 44.2. The first-order valence-electron chi connectivity index (χ1n) is 27.7. The van der Waals surface area contributed by atoms with Crippen molar-refractivity contribution in [3.63, 3.8) is 0 Å². The van der Waals surface area contributed by atoms with Gasteiger partial charge in [-0.2, -0.15) is 0 Å². The van der Waals surface area contributed by atoms with Crippen LogP contribution in [0.25, 0.3) is 0 Å². The second-order valence-corrected chi connectivity index (χ2v) is 19.0. The Morgan fingerprint density at radius 2 is 0.639 bits per heavy atom. The molecule has 1 amide bonds. The highest BCUT2D eigenvalue weighted by molar-refractivity contribution is 5.76. The van der Waals surface area contributed by atoms with Crippen molar-refractivity contribution < 1.29 is 15.0 Å². The molecule has 4 nitrogen and oxygen atoms in total. The van der Waals surface area contributed by atoms with Crippen LogP contribution in [0.3, 0.4) is 0 Å². The van der Waals surface area contributed by atoms with Gasteiger partial charge in [0.1, 0.15) is 0 Å². The first-order valence-corrected chi connectivity index (χ1v) is 27.7. The van der Waals surface area contributed by atoms with Crippen LogP contribution < -0.4 is 5.32 Å². The van der Waals surface area contributed by atoms with Crippen LogP contribution in [0.5, 0.6) is 0 Å². The van der Waals surface area contributed by atoms with E-state index in [4.69, 9.17) is 0 Å². The highest BCUT2D eigenvalue weighted by Gasteiger charge is 2.18. The van der Waals surface area contributed by atoms with Gasteiger partial charge in [0, 0.05) is 6.42 Å². The molecular formula is C57H109NO3. The predicted molar refractivity (Wildman–Crippen MR) is 272 cm³/mol. The maximum absolute atomic E-state index is 12.4. The largest absolute Gasteiger partial charge is 0.394 e. The van der Waals surface area contributed by atoms with Crippen LogP contribution in [0.1, 0.15) is 303 Å². The van der Waals surface area contributed by atoms with Crippen LogP contribution in [0.15, 0.2) is 36.5 Å². The molecular weight excluding hydrogens is 747 g/mol. The van der Waals surface area contributed by atoms with Crippen molar-refractivity contribution in [3.05, 3.63) is 36.5 Å². The van der Waals surface area contributed by atoms with Crippen LogP contribution in [-0.2, 0) is 4.79 Å². The minimum Gasteiger partial charge on any atom is -0.394 e. The summed E-state index contributed by atoms with van der Waals surface area (Å²) >= 11 is 0. The van der Waals surface area contributed by atoms with Gasteiger partial charge >= 0.3 is 0 Å². The third-order valence-electron chi connectivity index (χ3n) is 12.8. The van der Waals surface area contributed by atoms with Crippen LogP contribution in [0, 0.1) is 0 Å². The van der Waals surface area contributed by atoms with Crippen molar-refractivity contribution >= 4 is 5.91 Å². The predicted octanol–water partition coefficient (Wildman–Crippen LogP) is 18.1. The number of amides is 1. The Bertz CT molecular complexity index is 928. The van der Waals surface area contributed by atoms with Gasteiger partial charge in [-0.25, -0.2) is 0 Å². The molecule has 2 atom stereocenters. The number of carbonyl (C=O) groups excluding carboxylic acids is 1. The highest BCUT2D eigenvalue weighted by atomic mass is 16.3. The van der Waals surface area contributed by atoms with Gasteiger partial charge in [-0.1, -0.05) is 275 Å². The summed E-state index contributed by atoms with van der Waals surface area (Å²) in [6.45, 7) is 4.31. The van der Waals surface area contributed by atoms with Gasteiger partial charge in [-0.05, 0) is 57.8 Å². The van der Waals surface area contributed by atoms with E-state index in [9.17, 15) is 15.0 Å². The lowest BCUT2D eigenvalue weighted by Gasteiger charge is -2.19. The van der Waals surface area contributed by atoms with Gasteiger partial charge in [0.15, 0.2) is 0 Å². The molecule has 4 heteroatoms. The van der Waals surface area contributed by atoms with Crippen molar-refractivity contribution in [3.8, 4) is 0 Å². The number of allylic oxidation sites excluding steroid dienone is 5. The normalized spacial score (nSPS) is 13.0. The number of hydrogen-bond acceptors (Lipinski definition) is 3. The average molecular weight is 857 g/mol. The van der Waals surface area contributed by atoms with E-state index in [1.807, 2.05) is 6.08 Å². The quantitative estimate of drug-likeness (QED) is 0.0422. The Balaban J connectivity index is 3.48.